The summed E-state index contributed by atoms with van der Waals surface area (Å²) >= 11 is 11.9. The van der Waals surface area contributed by atoms with Gasteiger partial charge in [0.15, 0.2) is 0 Å². The summed E-state index contributed by atoms with van der Waals surface area (Å²) in [5.41, 5.74) is 1.81. The number of piperazine rings is 1. The summed E-state index contributed by atoms with van der Waals surface area (Å²) in [4.78, 5) is 28.9. The quantitative estimate of drug-likeness (QED) is 0.317. The number of hydrogen-bond acceptors (Lipinski definition) is 4. The summed E-state index contributed by atoms with van der Waals surface area (Å²) in [6.07, 6.45) is 8.47. The van der Waals surface area contributed by atoms with E-state index < -0.39 is 0 Å². The van der Waals surface area contributed by atoms with Crippen LogP contribution in [-0.4, -0.2) is 74.0 Å². The second-order valence-electron chi connectivity index (χ2n) is 8.75. The number of nitrogens with zero attached hydrogens (tertiary/aromatic N) is 2. The average molecular weight is 530 g/mol. The Morgan fingerprint density at radius 1 is 0.722 bits per heavy atom. The Kier molecular flexibility index (Phi) is 12.0. The normalized spacial score (nSPS) is 14.9. The highest BCUT2D eigenvalue weighted by Crippen LogP contribution is 2.12. The van der Waals surface area contributed by atoms with E-state index in [1.165, 1.54) is 0 Å². The first-order chi connectivity index (χ1) is 17.5. The Morgan fingerprint density at radius 3 is 1.53 bits per heavy atom. The van der Waals surface area contributed by atoms with Gasteiger partial charge in [0.05, 0.1) is 0 Å². The molecule has 0 unspecified atom stereocenters. The van der Waals surface area contributed by atoms with Crippen LogP contribution in [0, 0.1) is 0 Å². The van der Waals surface area contributed by atoms with E-state index in [1.54, 1.807) is 24.3 Å². The van der Waals surface area contributed by atoms with Crippen molar-refractivity contribution in [2.45, 2.75) is 12.8 Å². The zero-order chi connectivity index (χ0) is 25.6. The van der Waals surface area contributed by atoms with Crippen LogP contribution in [0.4, 0.5) is 0 Å². The lowest BCUT2D eigenvalue weighted by atomic mass is 10.2. The summed E-state index contributed by atoms with van der Waals surface area (Å²) in [7, 11) is 0. The zero-order valence-electron chi connectivity index (χ0n) is 20.5. The zero-order valence-corrected chi connectivity index (χ0v) is 22.0. The summed E-state index contributed by atoms with van der Waals surface area (Å²) in [5, 5.41) is 7.19. The number of rotatable bonds is 12. The van der Waals surface area contributed by atoms with Crippen molar-refractivity contribution in [3.05, 3.63) is 81.9 Å². The summed E-state index contributed by atoms with van der Waals surface area (Å²) in [5.74, 6) is -0.182. The average Bonchev–Trinajstić information content (AvgIpc) is 2.87. The van der Waals surface area contributed by atoms with Crippen molar-refractivity contribution in [2.24, 2.45) is 0 Å². The third kappa shape index (κ3) is 11.0. The molecule has 192 valence electrons. The second kappa shape index (κ2) is 15.5. The lowest BCUT2D eigenvalue weighted by Gasteiger charge is -2.34. The molecule has 0 radical (unpaired) electrons. The number of nitrogens with one attached hydrogen (secondary N) is 2. The van der Waals surface area contributed by atoms with Gasteiger partial charge in [-0.3, -0.25) is 9.59 Å². The lowest BCUT2D eigenvalue weighted by Crippen LogP contribution is -2.47. The molecule has 3 rings (SSSR count). The van der Waals surface area contributed by atoms with Crippen molar-refractivity contribution >= 4 is 47.2 Å². The molecule has 2 amide bonds. The third-order valence-electron chi connectivity index (χ3n) is 5.92. The monoisotopic (exact) mass is 528 g/mol. The van der Waals surface area contributed by atoms with Crippen LogP contribution in [0.3, 0.4) is 0 Å². The van der Waals surface area contributed by atoms with Gasteiger partial charge in [-0.25, -0.2) is 0 Å². The van der Waals surface area contributed by atoms with Gasteiger partial charge in [0.2, 0.25) is 11.8 Å². The number of hydrogen-bond donors (Lipinski definition) is 2. The van der Waals surface area contributed by atoms with Crippen LogP contribution in [0.25, 0.3) is 12.2 Å². The predicted octanol–water partition coefficient (Wildman–Crippen LogP) is 4.35. The van der Waals surface area contributed by atoms with Gasteiger partial charge in [-0.1, -0.05) is 47.5 Å². The first-order valence-electron chi connectivity index (χ1n) is 12.4. The third-order valence-corrected chi connectivity index (χ3v) is 6.39. The molecule has 1 aliphatic heterocycles. The van der Waals surface area contributed by atoms with Crippen LogP contribution in [0.2, 0.25) is 10.0 Å². The number of benzene rings is 2. The highest BCUT2D eigenvalue weighted by Gasteiger charge is 2.15. The minimum Gasteiger partial charge on any atom is -0.353 e. The van der Waals surface area contributed by atoms with E-state index in [2.05, 4.69) is 20.4 Å². The van der Waals surface area contributed by atoms with E-state index in [-0.39, 0.29) is 11.8 Å². The second-order valence-corrected chi connectivity index (χ2v) is 9.62. The molecule has 0 atom stereocenters. The van der Waals surface area contributed by atoms with Gasteiger partial charge >= 0.3 is 0 Å². The molecule has 0 bridgehead atoms. The molecule has 8 heteroatoms. The molecule has 1 fully saturated rings. The van der Waals surface area contributed by atoms with E-state index in [0.717, 1.165) is 63.2 Å². The maximum Gasteiger partial charge on any atom is 0.243 e. The van der Waals surface area contributed by atoms with Crippen molar-refractivity contribution in [1.82, 2.24) is 20.4 Å². The highest BCUT2D eigenvalue weighted by atomic mass is 35.5. The minimum atomic E-state index is -0.0909. The highest BCUT2D eigenvalue weighted by molar-refractivity contribution is 6.31. The van der Waals surface area contributed by atoms with Gasteiger partial charge < -0.3 is 20.4 Å². The van der Waals surface area contributed by atoms with E-state index in [1.807, 2.05) is 48.5 Å². The Morgan fingerprint density at radius 2 is 1.14 bits per heavy atom. The molecule has 6 nitrogen and oxygen atoms in total. The molecule has 2 aromatic carbocycles. The van der Waals surface area contributed by atoms with Crippen LogP contribution >= 0.6 is 23.2 Å². The van der Waals surface area contributed by atoms with Crippen molar-refractivity contribution < 1.29 is 9.59 Å². The van der Waals surface area contributed by atoms with Gasteiger partial charge in [0.1, 0.15) is 0 Å². The van der Waals surface area contributed by atoms with Crippen molar-refractivity contribution in [1.29, 1.82) is 0 Å². The van der Waals surface area contributed by atoms with Gasteiger partial charge in [-0.05, 0) is 73.5 Å². The van der Waals surface area contributed by atoms with Crippen LogP contribution in [-0.2, 0) is 9.59 Å². The molecule has 1 heterocycles. The lowest BCUT2D eigenvalue weighted by molar-refractivity contribution is -0.117. The SMILES string of the molecule is O=C(/C=C/c1cccc(Cl)c1)NCCCN1CCN(CCCNC(=O)/C=C/c2cccc(Cl)c2)CC1. The van der Waals surface area contributed by atoms with Gasteiger partial charge in [-0.15, -0.1) is 0 Å². The molecular formula is C28H34Cl2N4O2. The number of carbonyl (C=O) groups is 2. The fourth-order valence-electron chi connectivity index (χ4n) is 3.95. The molecule has 0 aromatic heterocycles. The number of halogens is 2. The van der Waals surface area contributed by atoms with E-state index >= 15 is 0 Å². The fourth-order valence-corrected chi connectivity index (χ4v) is 4.34. The van der Waals surface area contributed by atoms with Gasteiger partial charge in [-0.2, -0.15) is 0 Å². The fraction of sp³-hybridized carbons (Fsp3) is 0.357. The number of carbonyl (C=O) groups excluding carboxylic acids is 2. The first kappa shape index (κ1) is 27.9. The van der Waals surface area contributed by atoms with Crippen molar-refractivity contribution in [2.75, 3.05) is 52.4 Å². The summed E-state index contributed by atoms with van der Waals surface area (Å²) in [6, 6.07) is 14.8. The Hall–Kier alpha value is -2.64. The standard InChI is InChI=1S/C28H34Cl2N4O2/c29-25-7-1-5-23(21-25)9-11-27(35)31-13-3-15-33-17-19-34(20-18-33)16-4-14-32-28(36)12-10-24-6-2-8-26(30)22-24/h1-2,5-12,21-22H,3-4,13-20H2,(H,31,35)(H,32,36)/b11-9+,12-10+. The molecule has 2 N–H and O–H groups in total. The van der Waals surface area contributed by atoms with Crippen LogP contribution in [0.5, 0.6) is 0 Å². The number of amides is 2. The largest absolute Gasteiger partial charge is 0.353 e. The molecule has 0 spiro atoms. The first-order valence-corrected chi connectivity index (χ1v) is 13.1. The predicted molar refractivity (Wildman–Crippen MR) is 149 cm³/mol. The summed E-state index contributed by atoms with van der Waals surface area (Å²) in [6.45, 7) is 7.36. The Labute approximate surface area is 223 Å². The molecule has 0 aliphatic carbocycles. The molecule has 1 saturated heterocycles. The maximum atomic E-state index is 12.0. The van der Waals surface area contributed by atoms with E-state index in [4.69, 9.17) is 23.2 Å². The van der Waals surface area contributed by atoms with Crippen molar-refractivity contribution in [3.63, 3.8) is 0 Å². The summed E-state index contributed by atoms with van der Waals surface area (Å²) < 4.78 is 0. The molecule has 0 saturated carbocycles. The van der Waals surface area contributed by atoms with E-state index in [0.29, 0.717) is 23.1 Å². The van der Waals surface area contributed by atoms with E-state index in [9.17, 15) is 9.59 Å². The van der Waals surface area contributed by atoms with Gasteiger partial charge in [0.25, 0.3) is 0 Å². The maximum absolute atomic E-state index is 12.0. The minimum absolute atomic E-state index is 0.0909. The Bertz CT molecular complexity index is 966. The van der Waals surface area contributed by atoms with Gasteiger partial charge in [0, 0.05) is 61.5 Å². The van der Waals surface area contributed by atoms with Crippen LogP contribution < -0.4 is 10.6 Å². The van der Waals surface area contributed by atoms with Crippen molar-refractivity contribution in [3.8, 4) is 0 Å². The topological polar surface area (TPSA) is 64.7 Å². The molecule has 2 aromatic rings. The molecular weight excluding hydrogens is 495 g/mol. The Balaban J connectivity index is 1.20. The molecule has 36 heavy (non-hydrogen) atoms. The molecule has 1 aliphatic rings. The van der Waals surface area contributed by atoms with Crippen LogP contribution in [0.15, 0.2) is 60.7 Å². The smallest absolute Gasteiger partial charge is 0.243 e. The van der Waals surface area contributed by atoms with Crippen LogP contribution in [0.1, 0.15) is 24.0 Å².